The van der Waals surface area contributed by atoms with E-state index in [4.69, 9.17) is 4.74 Å². The number of fused-ring (bicyclic) bond motifs is 1. The SMILES string of the molecule is CC(C)c1nc(C(=O)N2CCN3[C@@H](COC[C@@H]3c3ccccc3)C2)cs1. The van der Waals surface area contributed by atoms with Crippen LogP contribution in [0.25, 0.3) is 0 Å². The van der Waals surface area contributed by atoms with E-state index in [9.17, 15) is 4.79 Å². The summed E-state index contributed by atoms with van der Waals surface area (Å²) in [6, 6.07) is 11.0. The van der Waals surface area contributed by atoms with E-state index in [0.717, 1.165) is 24.7 Å². The molecule has 26 heavy (non-hydrogen) atoms. The Bertz CT molecular complexity index is 761. The van der Waals surface area contributed by atoms with Gasteiger partial charge in [-0.25, -0.2) is 4.98 Å². The number of rotatable bonds is 3. The minimum absolute atomic E-state index is 0.0506. The van der Waals surface area contributed by atoms with Gasteiger partial charge in [0, 0.05) is 30.9 Å². The van der Waals surface area contributed by atoms with Gasteiger partial charge in [0.25, 0.3) is 5.91 Å². The molecular formula is C20H25N3O2S. The lowest BCUT2D eigenvalue weighted by molar-refractivity contribution is -0.0770. The van der Waals surface area contributed by atoms with Crippen LogP contribution in [-0.2, 0) is 4.74 Å². The van der Waals surface area contributed by atoms with E-state index < -0.39 is 0 Å². The number of aromatic nitrogens is 1. The number of ether oxygens (including phenoxy) is 1. The predicted molar refractivity (Wildman–Crippen MR) is 103 cm³/mol. The molecule has 138 valence electrons. The molecule has 1 amide bonds. The molecule has 2 aliphatic heterocycles. The van der Waals surface area contributed by atoms with Crippen LogP contribution in [0.1, 0.15) is 46.9 Å². The van der Waals surface area contributed by atoms with Crippen molar-refractivity contribution in [3.05, 3.63) is 52.0 Å². The van der Waals surface area contributed by atoms with E-state index in [2.05, 4.69) is 48.0 Å². The molecule has 2 saturated heterocycles. The third-order valence-corrected chi connectivity index (χ3v) is 6.37. The second-order valence-electron chi connectivity index (χ2n) is 7.33. The average molecular weight is 372 g/mol. The lowest BCUT2D eigenvalue weighted by atomic mass is 10.00. The summed E-state index contributed by atoms with van der Waals surface area (Å²) in [5, 5.41) is 2.92. The summed E-state index contributed by atoms with van der Waals surface area (Å²) in [4.78, 5) is 21.9. The molecule has 2 aliphatic rings. The van der Waals surface area contributed by atoms with Crippen LogP contribution < -0.4 is 0 Å². The van der Waals surface area contributed by atoms with Crippen molar-refractivity contribution in [3.63, 3.8) is 0 Å². The summed E-state index contributed by atoms with van der Waals surface area (Å²) in [7, 11) is 0. The summed E-state index contributed by atoms with van der Waals surface area (Å²) in [6.45, 7) is 7.94. The molecule has 0 spiro atoms. The molecule has 0 saturated carbocycles. The van der Waals surface area contributed by atoms with Crippen molar-refractivity contribution in [1.29, 1.82) is 0 Å². The van der Waals surface area contributed by atoms with E-state index in [0.29, 0.717) is 24.8 Å². The van der Waals surface area contributed by atoms with Gasteiger partial charge in [-0.05, 0) is 5.56 Å². The van der Waals surface area contributed by atoms with Crippen LogP contribution >= 0.6 is 11.3 Å². The van der Waals surface area contributed by atoms with Crippen molar-refractivity contribution in [1.82, 2.24) is 14.8 Å². The highest BCUT2D eigenvalue weighted by Gasteiger charge is 2.38. The Hall–Kier alpha value is -1.76. The predicted octanol–water partition coefficient (Wildman–Crippen LogP) is 3.16. The number of amides is 1. The van der Waals surface area contributed by atoms with Gasteiger partial charge in [0.15, 0.2) is 0 Å². The summed E-state index contributed by atoms with van der Waals surface area (Å²) >= 11 is 1.58. The van der Waals surface area contributed by atoms with Crippen LogP contribution in [0, 0.1) is 0 Å². The highest BCUT2D eigenvalue weighted by atomic mass is 32.1. The Labute approximate surface area is 158 Å². The minimum atomic E-state index is 0.0506. The van der Waals surface area contributed by atoms with Crippen LogP contribution in [0.15, 0.2) is 35.7 Å². The molecule has 2 atom stereocenters. The van der Waals surface area contributed by atoms with E-state index in [1.54, 1.807) is 11.3 Å². The van der Waals surface area contributed by atoms with Crippen molar-refractivity contribution in [2.45, 2.75) is 31.8 Å². The number of piperazine rings is 1. The van der Waals surface area contributed by atoms with Crippen molar-refractivity contribution in [2.75, 3.05) is 32.8 Å². The smallest absolute Gasteiger partial charge is 0.273 e. The number of carbonyl (C=O) groups is 1. The molecule has 0 unspecified atom stereocenters. The molecule has 0 radical (unpaired) electrons. The molecule has 3 heterocycles. The lowest BCUT2D eigenvalue weighted by Gasteiger charge is -2.48. The molecular weight excluding hydrogens is 346 g/mol. The maximum absolute atomic E-state index is 12.9. The Morgan fingerprint density at radius 1 is 1.23 bits per heavy atom. The maximum atomic E-state index is 12.9. The standard InChI is InChI=1S/C20H25N3O2S/c1-14(2)19-21-17(13-26-19)20(24)22-8-9-23-16(10-22)11-25-12-18(23)15-6-4-3-5-7-15/h3-7,13-14,16,18H,8-12H2,1-2H3/t16-,18-/m1/s1. The molecule has 2 fully saturated rings. The number of hydrogen-bond acceptors (Lipinski definition) is 5. The van der Waals surface area contributed by atoms with Crippen LogP contribution in [0.3, 0.4) is 0 Å². The molecule has 6 heteroatoms. The van der Waals surface area contributed by atoms with Gasteiger partial charge < -0.3 is 9.64 Å². The second-order valence-corrected chi connectivity index (χ2v) is 8.22. The Kier molecular flexibility index (Phi) is 5.07. The zero-order valence-corrected chi connectivity index (χ0v) is 16.1. The van der Waals surface area contributed by atoms with E-state index >= 15 is 0 Å². The van der Waals surface area contributed by atoms with Crippen molar-refractivity contribution < 1.29 is 9.53 Å². The van der Waals surface area contributed by atoms with Crippen LogP contribution in [0.4, 0.5) is 0 Å². The summed E-state index contributed by atoms with van der Waals surface area (Å²) in [5.74, 6) is 0.409. The molecule has 5 nitrogen and oxygen atoms in total. The number of nitrogens with zero attached hydrogens (tertiary/aromatic N) is 3. The van der Waals surface area contributed by atoms with Gasteiger partial charge in [0.05, 0.1) is 30.3 Å². The fourth-order valence-corrected chi connectivity index (χ4v) is 4.61. The van der Waals surface area contributed by atoms with Crippen molar-refractivity contribution in [3.8, 4) is 0 Å². The fraction of sp³-hybridized carbons (Fsp3) is 0.500. The summed E-state index contributed by atoms with van der Waals surface area (Å²) in [6.07, 6.45) is 0. The van der Waals surface area contributed by atoms with Crippen LogP contribution in [-0.4, -0.2) is 59.6 Å². The van der Waals surface area contributed by atoms with Gasteiger partial charge in [-0.3, -0.25) is 9.69 Å². The van der Waals surface area contributed by atoms with E-state index in [-0.39, 0.29) is 18.0 Å². The molecule has 1 aromatic carbocycles. The first-order valence-corrected chi connectivity index (χ1v) is 10.1. The van der Waals surface area contributed by atoms with Gasteiger partial charge in [0.1, 0.15) is 5.69 Å². The molecule has 4 rings (SSSR count). The topological polar surface area (TPSA) is 45.7 Å². The van der Waals surface area contributed by atoms with Gasteiger partial charge in [-0.15, -0.1) is 11.3 Å². The van der Waals surface area contributed by atoms with E-state index in [1.165, 1.54) is 5.56 Å². The number of morpholine rings is 1. The maximum Gasteiger partial charge on any atom is 0.273 e. The Balaban J connectivity index is 1.46. The number of benzene rings is 1. The van der Waals surface area contributed by atoms with E-state index in [1.807, 2.05) is 16.3 Å². The lowest BCUT2D eigenvalue weighted by Crippen LogP contribution is -2.60. The summed E-state index contributed by atoms with van der Waals surface area (Å²) in [5.41, 5.74) is 1.88. The third kappa shape index (κ3) is 3.41. The van der Waals surface area contributed by atoms with Gasteiger partial charge in [0.2, 0.25) is 0 Å². The fourth-order valence-electron chi connectivity index (χ4n) is 3.80. The number of carbonyl (C=O) groups excluding carboxylic acids is 1. The molecule has 0 bridgehead atoms. The minimum Gasteiger partial charge on any atom is -0.378 e. The number of thiazole rings is 1. The zero-order chi connectivity index (χ0) is 18.1. The Morgan fingerprint density at radius 3 is 2.77 bits per heavy atom. The highest BCUT2D eigenvalue weighted by molar-refractivity contribution is 7.09. The van der Waals surface area contributed by atoms with Crippen LogP contribution in [0.5, 0.6) is 0 Å². The van der Waals surface area contributed by atoms with Gasteiger partial charge in [-0.1, -0.05) is 44.2 Å². The quantitative estimate of drug-likeness (QED) is 0.831. The number of hydrogen-bond donors (Lipinski definition) is 0. The average Bonchev–Trinajstić information content (AvgIpc) is 3.18. The Morgan fingerprint density at radius 2 is 2.04 bits per heavy atom. The largest absolute Gasteiger partial charge is 0.378 e. The summed E-state index contributed by atoms with van der Waals surface area (Å²) < 4.78 is 5.88. The molecule has 2 aromatic rings. The third-order valence-electron chi connectivity index (χ3n) is 5.22. The zero-order valence-electron chi connectivity index (χ0n) is 15.3. The molecule has 0 aliphatic carbocycles. The normalized spacial score (nSPS) is 23.9. The van der Waals surface area contributed by atoms with Crippen molar-refractivity contribution >= 4 is 17.2 Å². The second kappa shape index (κ2) is 7.47. The first-order chi connectivity index (χ1) is 12.6. The first kappa shape index (κ1) is 17.6. The van der Waals surface area contributed by atoms with Crippen molar-refractivity contribution in [2.24, 2.45) is 0 Å². The van der Waals surface area contributed by atoms with Crippen LogP contribution in [0.2, 0.25) is 0 Å². The molecule has 1 aromatic heterocycles. The molecule has 0 N–H and O–H groups in total. The monoisotopic (exact) mass is 371 g/mol. The highest BCUT2D eigenvalue weighted by Crippen LogP contribution is 2.30. The van der Waals surface area contributed by atoms with Gasteiger partial charge >= 0.3 is 0 Å². The first-order valence-electron chi connectivity index (χ1n) is 9.26. The van der Waals surface area contributed by atoms with Gasteiger partial charge in [-0.2, -0.15) is 0 Å².